The van der Waals surface area contributed by atoms with Gasteiger partial charge in [-0.25, -0.2) is 17.2 Å². The zero-order valence-electron chi connectivity index (χ0n) is 17.2. The van der Waals surface area contributed by atoms with E-state index in [2.05, 4.69) is 11.5 Å². The van der Waals surface area contributed by atoms with E-state index in [1.165, 1.54) is 4.31 Å². The predicted molar refractivity (Wildman–Crippen MR) is 114 cm³/mol. The number of β-amino-alcohol motifs (C(OH)–C–C–N with tert-alkyl or cyclic N) is 1. The zero-order chi connectivity index (χ0) is 22.2. The summed E-state index contributed by atoms with van der Waals surface area (Å²) in [5.74, 6) is -2.27. The van der Waals surface area contributed by atoms with Gasteiger partial charge in [0.25, 0.3) is 0 Å². The van der Waals surface area contributed by atoms with E-state index in [-0.39, 0.29) is 18.0 Å². The molecule has 0 bridgehead atoms. The molecule has 166 valence electrons. The van der Waals surface area contributed by atoms with E-state index in [1.54, 1.807) is 0 Å². The Labute approximate surface area is 180 Å². The first-order valence-corrected chi connectivity index (χ1v) is 11.7. The third kappa shape index (κ3) is 4.23. The highest BCUT2D eigenvalue weighted by Crippen LogP contribution is 2.28. The Hall–Kier alpha value is -2.33. The number of fused-ring (bicyclic) bond motifs is 1. The maximum atomic E-state index is 13.5. The Morgan fingerprint density at radius 1 is 1.03 bits per heavy atom. The summed E-state index contributed by atoms with van der Waals surface area (Å²) >= 11 is 0. The second-order valence-corrected chi connectivity index (χ2v) is 9.62. The number of aliphatic hydroxyl groups is 1. The molecule has 1 saturated heterocycles. The van der Waals surface area contributed by atoms with E-state index >= 15 is 0 Å². The molecular weight excluding hydrogens is 424 g/mol. The molecule has 0 unspecified atom stereocenters. The molecule has 1 aromatic heterocycles. The van der Waals surface area contributed by atoms with Crippen LogP contribution in [0, 0.1) is 11.6 Å². The number of nitrogens with zero attached hydrogens (tertiary/aromatic N) is 3. The summed E-state index contributed by atoms with van der Waals surface area (Å²) in [6.45, 7) is 4.54. The monoisotopic (exact) mass is 449 g/mol. The number of hydrogen-bond acceptors (Lipinski definition) is 4. The van der Waals surface area contributed by atoms with Crippen LogP contribution < -0.4 is 0 Å². The van der Waals surface area contributed by atoms with E-state index in [0.717, 1.165) is 35.1 Å². The van der Waals surface area contributed by atoms with Gasteiger partial charge in [0.05, 0.1) is 11.0 Å². The van der Waals surface area contributed by atoms with Gasteiger partial charge in [-0.1, -0.05) is 18.2 Å². The molecule has 2 heterocycles. The molecule has 4 rings (SSSR count). The molecule has 31 heavy (non-hydrogen) atoms. The van der Waals surface area contributed by atoms with Crippen LogP contribution in [-0.2, 0) is 16.6 Å². The molecule has 1 fully saturated rings. The fourth-order valence-electron chi connectivity index (χ4n) is 4.08. The molecule has 0 saturated carbocycles. The highest BCUT2D eigenvalue weighted by Gasteiger charge is 2.30. The summed E-state index contributed by atoms with van der Waals surface area (Å²) in [6.07, 6.45) is 1.27. The minimum atomic E-state index is -3.90. The lowest BCUT2D eigenvalue weighted by atomic mass is 10.1. The Kier molecular flexibility index (Phi) is 6.11. The number of aliphatic hydroxyl groups excluding tert-OH is 1. The molecule has 1 aliphatic rings. The average molecular weight is 450 g/mol. The van der Waals surface area contributed by atoms with E-state index in [0.29, 0.717) is 25.7 Å². The number of halogens is 2. The van der Waals surface area contributed by atoms with Crippen molar-refractivity contribution in [3.05, 3.63) is 65.9 Å². The number of benzene rings is 2. The predicted octanol–water partition coefficient (Wildman–Crippen LogP) is 2.98. The van der Waals surface area contributed by atoms with Crippen LogP contribution in [0.3, 0.4) is 0 Å². The van der Waals surface area contributed by atoms with Crippen molar-refractivity contribution in [3.63, 3.8) is 0 Å². The van der Waals surface area contributed by atoms with E-state index in [4.69, 9.17) is 0 Å². The molecule has 1 aliphatic heterocycles. The van der Waals surface area contributed by atoms with Crippen LogP contribution in [0.1, 0.15) is 18.6 Å². The van der Waals surface area contributed by atoms with Crippen molar-refractivity contribution < 1.29 is 22.3 Å². The molecule has 0 radical (unpaired) electrons. The first-order chi connectivity index (χ1) is 14.8. The van der Waals surface area contributed by atoms with E-state index in [1.807, 2.05) is 35.4 Å². The number of para-hydroxylation sites is 1. The second kappa shape index (κ2) is 8.66. The molecule has 6 nitrogen and oxygen atoms in total. The molecule has 3 aromatic rings. The standard InChI is InChI=1S/C22H25F2N3O3S/c1-2-26-14-18(17-5-3-4-6-21(17)26)22(28)15-25-9-11-27(12-10-25)31(29,30)16-7-8-19(23)20(24)13-16/h3-8,13-14,22,28H,2,9-12,15H2,1H3/t22-/m1/s1. The lowest BCUT2D eigenvalue weighted by Gasteiger charge is -2.34. The van der Waals surface area contributed by atoms with Crippen molar-refractivity contribution in [2.45, 2.75) is 24.5 Å². The largest absolute Gasteiger partial charge is 0.387 e. The van der Waals surface area contributed by atoms with Crippen LogP contribution in [0.2, 0.25) is 0 Å². The third-order valence-electron chi connectivity index (χ3n) is 5.81. The second-order valence-electron chi connectivity index (χ2n) is 7.68. The molecule has 0 amide bonds. The van der Waals surface area contributed by atoms with Gasteiger partial charge >= 0.3 is 0 Å². The fourth-order valence-corrected chi connectivity index (χ4v) is 5.52. The van der Waals surface area contributed by atoms with Crippen molar-refractivity contribution >= 4 is 20.9 Å². The van der Waals surface area contributed by atoms with Crippen molar-refractivity contribution in [2.75, 3.05) is 32.7 Å². The first-order valence-electron chi connectivity index (χ1n) is 10.2. The number of aryl methyl sites for hydroxylation is 1. The van der Waals surface area contributed by atoms with Crippen LogP contribution in [0.25, 0.3) is 10.9 Å². The highest BCUT2D eigenvalue weighted by molar-refractivity contribution is 7.89. The van der Waals surface area contributed by atoms with Gasteiger partial charge in [-0.15, -0.1) is 0 Å². The van der Waals surface area contributed by atoms with Gasteiger partial charge in [-0.2, -0.15) is 4.31 Å². The molecular formula is C22H25F2N3O3S. The molecule has 0 aliphatic carbocycles. The quantitative estimate of drug-likeness (QED) is 0.629. The number of aromatic nitrogens is 1. The highest BCUT2D eigenvalue weighted by atomic mass is 32.2. The lowest BCUT2D eigenvalue weighted by Crippen LogP contribution is -2.49. The minimum absolute atomic E-state index is 0.213. The SMILES string of the molecule is CCn1cc([C@H](O)CN2CCN(S(=O)(=O)c3ccc(F)c(F)c3)CC2)c2ccccc21. The lowest BCUT2D eigenvalue weighted by molar-refractivity contribution is 0.0928. The number of rotatable bonds is 6. The van der Waals surface area contributed by atoms with Crippen molar-refractivity contribution in [1.29, 1.82) is 0 Å². The van der Waals surface area contributed by atoms with Crippen LogP contribution in [0.5, 0.6) is 0 Å². The topological polar surface area (TPSA) is 65.8 Å². The molecule has 1 atom stereocenters. The smallest absolute Gasteiger partial charge is 0.243 e. The first kappa shape index (κ1) is 21.9. The zero-order valence-corrected chi connectivity index (χ0v) is 18.0. The van der Waals surface area contributed by atoms with Gasteiger partial charge < -0.3 is 9.67 Å². The van der Waals surface area contributed by atoms with Gasteiger partial charge in [0, 0.05) is 61.9 Å². The van der Waals surface area contributed by atoms with Crippen LogP contribution in [0.4, 0.5) is 8.78 Å². The number of piperazine rings is 1. The summed E-state index contributed by atoms with van der Waals surface area (Å²) in [5.41, 5.74) is 1.93. The maximum Gasteiger partial charge on any atom is 0.243 e. The fraction of sp³-hybridized carbons (Fsp3) is 0.364. The van der Waals surface area contributed by atoms with Gasteiger partial charge in [0.15, 0.2) is 11.6 Å². The normalized spacial score (nSPS) is 17.3. The minimum Gasteiger partial charge on any atom is -0.387 e. The van der Waals surface area contributed by atoms with Crippen LogP contribution in [0.15, 0.2) is 53.6 Å². The Morgan fingerprint density at radius 3 is 2.42 bits per heavy atom. The average Bonchev–Trinajstić information content (AvgIpc) is 3.15. The Morgan fingerprint density at radius 2 is 1.74 bits per heavy atom. The van der Waals surface area contributed by atoms with E-state index < -0.39 is 27.8 Å². The Bertz CT molecular complexity index is 1190. The van der Waals surface area contributed by atoms with Crippen LogP contribution in [-0.4, -0.2) is 60.0 Å². The van der Waals surface area contributed by atoms with Gasteiger partial charge in [-0.05, 0) is 31.2 Å². The van der Waals surface area contributed by atoms with Gasteiger partial charge in [0.2, 0.25) is 10.0 Å². The van der Waals surface area contributed by atoms with Crippen molar-refractivity contribution in [1.82, 2.24) is 13.8 Å². The maximum absolute atomic E-state index is 13.5. The summed E-state index contributed by atoms with van der Waals surface area (Å²) in [7, 11) is -3.90. The number of sulfonamides is 1. The summed E-state index contributed by atoms with van der Waals surface area (Å²) in [6, 6.07) is 10.5. The molecule has 0 spiro atoms. The molecule has 2 aromatic carbocycles. The van der Waals surface area contributed by atoms with Gasteiger partial charge in [-0.3, -0.25) is 4.90 Å². The van der Waals surface area contributed by atoms with E-state index in [9.17, 15) is 22.3 Å². The van der Waals surface area contributed by atoms with Crippen molar-refractivity contribution in [3.8, 4) is 0 Å². The summed E-state index contributed by atoms with van der Waals surface area (Å²) in [5, 5.41) is 11.9. The van der Waals surface area contributed by atoms with Crippen molar-refractivity contribution in [2.24, 2.45) is 0 Å². The molecule has 9 heteroatoms. The van der Waals surface area contributed by atoms with Gasteiger partial charge in [0.1, 0.15) is 0 Å². The Balaban J connectivity index is 1.43. The number of hydrogen-bond donors (Lipinski definition) is 1. The van der Waals surface area contributed by atoms with Crippen LogP contribution >= 0.6 is 0 Å². The summed E-state index contributed by atoms with van der Waals surface area (Å²) < 4.78 is 55.5. The third-order valence-corrected chi connectivity index (χ3v) is 7.70. The summed E-state index contributed by atoms with van der Waals surface area (Å²) in [4.78, 5) is 1.76. The molecule has 1 N–H and O–H groups in total.